The monoisotopic (exact) mass is 324 g/mol. The Bertz CT molecular complexity index is 605. The summed E-state index contributed by atoms with van der Waals surface area (Å²) in [7, 11) is 1.65. The molecule has 0 fully saturated rings. The molecule has 0 bridgehead atoms. The lowest BCUT2D eigenvalue weighted by atomic mass is 10.0. The third-order valence-electron chi connectivity index (χ3n) is 3.24. The van der Waals surface area contributed by atoms with E-state index in [4.69, 9.17) is 27.9 Å². The van der Waals surface area contributed by atoms with Gasteiger partial charge in [0.25, 0.3) is 0 Å². The minimum atomic E-state index is 0.0322. The van der Waals surface area contributed by atoms with Crippen molar-refractivity contribution in [2.75, 3.05) is 13.7 Å². The zero-order chi connectivity index (χ0) is 15.2. The van der Waals surface area contributed by atoms with Crippen molar-refractivity contribution in [2.45, 2.75) is 19.4 Å². The number of hydrogen-bond donors (Lipinski definition) is 1. The third kappa shape index (κ3) is 4.10. The normalized spacial score (nSPS) is 12.2. The van der Waals surface area contributed by atoms with Gasteiger partial charge in [-0.3, -0.25) is 4.98 Å². The fraction of sp³-hybridized carbons (Fsp3) is 0.312. The Balaban J connectivity index is 2.30. The van der Waals surface area contributed by atoms with Crippen LogP contribution in [-0.2, 0) is 6.42 Å². The maximum Gasteiger partial charge on any atom is 0.141 e. The molecule has 0 aliphatic heterocycles. The van der Waals surface area contributed by atoms with Crippen LogP contribution in [0.25, 0.3) is 0 Å². The summed E-state index contributed by atoms with van der Waals surface area (Å²) in [4.78, 5) is 4.46. The summed E-state index contributed by atoms with van der Waals surface area (Å²) in [5.74, 6) is 0.772. The Morgan fingerprint density at radius 1 is 1.29 bits per heavy atom. The van der Waals surface area contributed by atoms with Crippen LogP contribution in [0.15, 0.2) is 36.5 Å². The van der Waals surface area contributed by atoms with Crippen LogP contribution >= 0.6 is 23.2 Å². The van der Waals surface area contributed by atoms with E-state index < -0.39 is 0 Å². The largest absolute Gasteiger partial charge is 0.495 e. The molecule has 0 radical (unpaired) electrons. The van der Waals surface area contributed by atoms with Crippen molar-refractivity contribution in [3.8, 4) is 5.75 Å². The molecule has 3 nitrogen and oxygen atoms in total. The highest BCUT2D eigenvalue weighted by molar-refractivity contribution is 6.35. The van der Waals surface area contributed by atoms with Gasteiger partial charge in [0.15, 0.2) is 0 Å². The predicted octanol–water partition coefficient (Wildman–Crippen LogP) is 4.29. The molecule has 1 heterocycles. The molecule has 0 aliphatic rings. The van der Waals surface area contributed by atoms with Gasteiger partial charge in [-0.25, -0.2) is 0 Å². The van der Waals surface area contributed by atoms with E-state index in [1.165, 1.54) is 0 Å². The molecule has 1 N–H and O–H groups in total. The summed E-state index contributed by atoms with van der Waals surface area (Å²) in [5, 5.41) is 4.73. The number of pyridine rings is 1. The molecule has 0 saturated heterocycles. The van der Waals surface area contributed by atoms with E-state index in [1.54, 1.807) is 19.4 Å². The van der Waals surface area contributed by atoms with Crippen molar-refractivity contribution in [2.24, 2.45) is 0 Å². The smallest absolute Gasteiger partial charge is 0.141 e. The third-order valence-corrected chi connectivity index (χ3v) is 3.83. The highest BCUT2D eigenvalue weighted by Gasteiger charge is 2.18. The molecule has 0 aliphatic carbocycles. The summed E-state index contributed by atoms with van der Waals surface area (Å²) in [5.41, 5.74) is 1.91. The number of aromatic nitrogens is 1. The van der Waals surface area contributed by atoms with Crippen molar-refractivity contribution < 1.29 is 4.74 Å². The molecule has 2 rings (SSSR count). The van der Waals surface area contributed by atoms with Crippen molar-refractivity contribution in [3.63, 3.8) is 0 Å². The van der Waals surface area contributed by atoms with Gasteiger partial charge >= 0.3 is 0 Å². The van der Waals surface area contributed by atoms with Crippen molar-refractivity contribution in [1.82, 2.24) is 10.3 Å². The van der Waals surface area contributed by atoms with Crippen LogP contribution in [0, 0.1) is 0 Å². The molecule has 21 heavy (non-hydrogen) atoms. The lowest BCUT2D eigenvalue weighted by Crippen LogP contribution is -2.24. The quantitative estimate of drug-likeness (QED) is 0.860. The van der Waals surface area contributed by atoms with Gasteiger partial charge in [-0.1, -0.05) is 36.2 Å². The molecular weight excluding hydrogens is 307 g/mol. The van der Waals surface area contributed by atoms with Gasteiger partial charge in [-0.15, -0.1) is 0 Å². The van der Waals surface area contributed by atoms with Crippen LogP contribution in [0.4, 0.5) is 0 Å². The number of benzene rings is 1. The minimum absolute atomic E-state index is 0.0322. The summed E-state index contributed by atoms with van der Waals surface area (Å²) in [6, 6.07) is 9.37. The molecule has 1 atom stereocenters. The maximum absolute atomic E-state index is 6.27. The molecule has 112 valence electrons. The lowest BCUT2D eigenvalue weighted by Gasteiger charge is -2.20. The predicted molar refractivity (Wildman–Crippen MR) is 87.4 cm³/mol. The Kier molecular flexibility index (Phi) is 5.85. The Morgan fingerprint density at radius 2 is 2.10 bits per heavy atom. The first kappa shape index (κ1) is 16.1. The molecule has 5 heteroatoms. The van der Waals surface area contributed by atoms with Gasteiger partial charge in [-0.2, -0.15) is 0 Å². The van der Waals surface area contributed by atoms with Crippen LogP contribution in [-0.4, -0.2) is 18.6 Å². The van der Waals surface area contributed by atoms with Crippen LogP contribution in [0.2, 0.25) is 10.0 Å². The molecule has 0 amide bonds. The fourth-order valence-electron chi connectivity index (χ4n) is 2.26. The highest BCUT2D eigenvalue weighted by Crippen LogP contribution is 2.29. The van der Waals surface area contributed by atoms with Crippen LogP contribution < -0.4 is 10.1 Å². The summed E-state index contributed by atoms with van der Waals surface area (Å²) >= 11 is 12.2. The van der Waals surface area contributed by atoms with E-state index in [0.717, 1.165) is 30.0 Å². The first-order valence-electron chi connectivity index (χ1n) is 6.82. The van der Waals surface area contributed by atoms with Gasteiger partial charge < -0.3 is 10.1 Å². The number of likely N-dealkylation sites (N-methyl/N-ethyl adjacent to an activating group) is 1. The van der Waals surface area contributed by atoms with Gasteiger partial charge in [0, 0.05) is 16.2 Å². The first-order chi connectivity index (χ1) is 10.2. The second-order valence-corrected chi connectivity index (χ2v) is 5.48. The van der Waals surface area contributed by atoms with Gasteiger partial charge in [0.1, 0.15) is 5.75 Å². The molecule has 0 spiro atoms. The van der Waals surface area contributed by atoms with Crippen LogP contribution in [0.1, 0.15) is 24.2 Å². The molecular formula is C16H18Cl2N2O. The lowest BCUT2D eigenvalue weighted by molar-refractivity contribution is 0.394. The van der Waals surface area contributed by atoms with Gasteiger partial charge in [0.2, 0.25) is 0 Å². The molecule has 0 saturated carbocycles. The number of nitrogens with zero attached hydrogens (tertiary/aromatic N) is 1. The highest BCUT2D eigenvalue weighted by atomic mass is 35.5. The van der Waals surface area contributed by atoms with Gasteiger partial charge in [-0.05, 0) is 42.8 Å². The van der Waals surface area contributed by atoms with E-state index in [9.17, 15) is 0 Å². The first-order valence-corrected chi connectivity index (χ1v) is 7.57. The number of nitrogens with one attached hydrogen (secondary N) is 1. The summed E-state index contributed by atoms with van der Waals surface area (Å²) < 4.78 is 5.40. The van der Waals surface area contributed by atoms with E-state index in [-0.39, 0.29) is 6.04 Å². The van der Waals surface area contributed by atoms with E-state index in [2.05, 4.69) is 17.2 Å². The minimum Gasteiger partial charge on any atom is -0.495 e. The van der Waals surface area contributed by atoms with Crippen LogP contribution in [0.3, 0.4) is 0 Å². The standard InChI is InChI=1S/C16H18Cl2N2O/c1-3-19-14(16-15(21-2)5-4-8-20-16)9-11-6-7-12(17)10-13(11)18/h4-8,10,14,19H,3,9H2,1-2H3. The van der Waals surface area contributed by atoms with Gasteiger partial charge in [0.05, 0.1) is 18.8 Å². The second kappa shape index (κ2) is 7.64. The fourth-order valence-corrected chi connectivity index (χ4v) is 2.74. The van der Waals surface area contributed by atoms with Crippen molar-refractivity contribution in [1.29, 1.82) is 0 Å². The number of methoxy groups -OCH3 is 1. The second-order valence-electron chi connectivity index (χ2n) is 4.64. The van der Waals surface area contributed by atoms with E-state index in [1.807, 2.05) is 24.3 Å². The number of halogens is 2. The van der Waals surface area contributed by atoms with E-state index in [0.29, 0.717) is 10.0 Å². The Hall–Kier alpha value is -1.29. The number of ether oxygens (including phenoxy) is 1. The topological polar surface area (TPSA) is 34.2 Å². The summed E-state index contributed by atoms with van der Waals surface area (Å²) in [6.07, 6.45) is 2.49. The average molecular weight is 325 g/mol. The number of hydrogen-bond acceptors (Lipinski definition) is 3. The Morgan fingerprint density at radius 3 is 2.76 bits per heavy atom. The molecule has 1 aromatic heterocycles. The van der Waals surface area contributed by atoms with Crippen molar-refractivity contribution >= 4 is 23.2 Å². The molecule has 2 aromatic rings. The SMILES string of the molecule is CCNC(Cc1ccc(Cl)cc1Cl)c1ncccc1OC. The Labute approximate surface area is 135 Å². The average Bonchev–Trinajstić information content (AvgIpc) is 2.49. The zero-order valence-electron chi connectivity index (χ0n) is 12.1. The van der Waals surface area contributed by atoms with Crippen LogP contribution in [0.5, 0.6) is 5.75 Å². The van der Waals surface area contributed by atoms with E-state index >= 15 is 0 Å². The summed E-state index contributed by atoms with van der Waals surface area (Å²) in [6.45, 7) is 2.89. The van der Waals surface area contributed by atoms with Crippen molar-refractivity contribution in [3.05, 3.63) is 57.8 Å². The maximum atomic E-state index is 6.27. The zero-order valence-corrected chi connectivity index (χ0v) is 13.6. The number of rotatable bonds is 6. The molecule has 1 aromatic carbocycles. The molecule has 1 unspecified atom stereocenters.